The van der Waals surface area contributed by atoms with Crippen molar-refractivity contribution in [2.45, 2.75) is 19.8 Å². The number of imidazole rings is 1. The van der Waals surface area contributed by atoms with Gasteiger partial charge in [-0.3, -0.25) is 15.1 Å². The Balaban J connectivity index is 1.40. The topological polar surface area (TPSA) is 108 Å². The van der Waals surface area contributed by atoms with Gasteiger partial charge in [-0.15, -0.1) is 0 Å². The zero-order chi connectivity index (χ0) is 24.5. The Hall–Kier alpha value is -4.85. The summed E-state index contributed by atoms with van der Waals surface area (Å²) < 4.78 is 0. The summed E-state index contributed by atoms with van der Waals surface area (Å²) in [6, 6.07) is 16.0. The number of aromatic amines is 2. The molecule has 5 aromatic heterocycles. The summed E-state index contributed by atoms with van der Waals surface area (Å²) in [6.07, 6.45) is 9.15. The maximum atomic E-state index is 4.94. The fourth-order valence-corrected chi connectivity index (χ4v) is 4.34. The highest BCUT2D eigenvalue weighted by Gasteiger charge is 2.17. The lowest BCUT2D eigenvalue weighted by Gasteiger charge is -2.09. The van der Waals surface area contributed by atoms with E-state index in [1.165, 1.54) is 0 Å². The highest BCUT2D eigenvalue weighted by Crippen LogP contribution is 2.31. The zero-order valence-corrected chi connectivity index (χ0v) is 19.8. The van der Waals surface area contributed by atoms with Crippen LogP contribution in [0.4, 0.5) is 5.69 Å². The third kappa shape index (κ3) is 3.98. The van der Waals surface area contributed by atoms with E-state index in [4.69, 9.17) is 9.97 Å². The number of benzene rings is 1. The van der Waals surface area contributed by atoms with Crippen LogP contribution in [-0.4, -0.2) is 35.1 Å². The molecular formula is C28H24N8. The van der Waals surface area contributed by atoms with Crippen molar-refractivity contribution in [3.05, 3.63) is 85.6 Å². The van der Waals surface area contributed by atoms with E-state index in [9.17, 15) is 0 Å². The molecule has 0 aliphatic heterocycles. The van der Waals surface area contributed by atoms with E-state index >= 15 is 0 Å². The molecule has 8 heteroatoms. The van der Waals surface area contributed by atoms with Crippen LogP contribution in [-0.2, 0) is 0 Å². The Kier molecular flexibility index (Phi) is 5.46. The Morgan fingerprint density at radius 3 is 2.69 bits per heavy atom. The molecule has 6 aromatic rings. The van der Waals surface area contributed by atoms with Crippen LogP contribution >= 0.6 is 0 Å². The van der Waals surface area contributed by atoms with Crippen molar-refractivity contribution in [3.63, 3.8) is 0 Å². The van der Waals surface area contributed by atoms with Crippen LogP contribution in [0.3, 0.4) is 0 Å². The molecule has 5 heterocycles. The van der Waals surface area contributed by atoms with Gasteiger partial charge in [-0.05, 0) is 36.8 Å². The first kappa shape index (κ1) is 21.7. The molecule has 0 spiro atoms. The van der Waals surface area contributed by atoms with E-state index in [-0.39, 0.29) is 0 Å². The van der Waals surface area contributed by atoms with Gasteiger partial charge in [0.2, 0.25) is 0 Å². The molecule has 0 radical (unpaired) electrons. The molecule has 0 amide bonds. The second-order valence-corrected chi connectivity index (χ2v) is 8.63. The number of aromatic nitrogens is 7. The molecule has 0 bridgehead atoms. The Labute approximate surface area is 207 Å². The lowest BCUT2D eigenvalue weighted by atomic mass is 10.1. The van der Waals surface area contributed by atoms with Crippen LogP contribution in [0.5, 0.6) is 0 Å². The molecule has 0 unspecified atom stereocenters. The number of rotatable bonds is 7. The summed E-state index contributed by atoms with van der Waals surface area (Å²) in [4.78, 5) is 21.9. The summed E-state index contributed by atoms with van der Waals surface area (Å²) in [5, 5.41) is 11.0. The number of para-hydroxylation sites is 1. The fourth-order valence-electron chi connectivity index (χ4n) is 4.34. The molecule has 0 aliphatic rings. The molecule has 0 saturated carbocycles. The number of nitrogens with one attached hydrogen (secondary N) is 3. The number of allylic oxidation sites excluding steroid dienone is 1. The molecule has 6 rings (SSSR count). The first-order valence-electron chi connectivity index (χ1n) is 11.8. The Morgan fingerprint density at radius 1 is 0.917 bits per heavy atom. The van der Waals surface area contributed by atoms with E-state index in [0.717, 1.165) is 68.7 Å². The van der Waals surface area contributed by atoms with E-state index in [1.54, 1.807) is 12.4 Å². The number of anilines is 1. The Morgan fingerprint density at radius 2 is 1.83 bits per heavy atom. The van der Waals surface area contributed by atoms with Crippen molar-refractivity contribution in [1.29, 1.82) is 0 Å². The normalized spacial score (nSPS) is 11.2. The third-order valence-corrected chi connectivity index (χ3v) is 6.02. The number of fused-ring (bicyclic) bond motifs is 2. The average molecular weight is 473 g/mol. The molecule has 0 atom stereocenters. The maximum absolute atomic E-state index is 4.94. The maximum Gasteiger partial charge on any atom is 0.161 e. The second-order valence-electron chi connectivity index (χ2n) is 8.63. The molecule has 3 N–H and O–H groups in total. The van der Waals surface area contributed by atoms with Crippen LogP contribution in [0, 0.1) is 0 Å². The smallest absolute Gasteiger partial charge is 0.161 e. The Bertz CT molecular complexity index is 1700. The lowest BCUT2D eigenvalue weighted by Crippen LogP contribution is -1.98. The number of pyridine rings is 3. The largest absolute Gasteiger partial charge is 0.358 e. The zero-order valence-electron chi connectivity index (χ0n) is 19.8. The fraction of sp³-hybridized carbons (Fsp3) is 0.107. The van der Waals surface area contributed by atoms with Crippen molar-refractivity contribution < 1.29 is 0 Å². The van der Waals surface area contributed by atoms with Crippen molar-refractivity contribution in [2.24, 2.45) is 0 Å². The van der Waals surface area contributed by atoms with Crippen LogP contribution < -0.4 is 5.32 Å². The lowest BCUT2D eigenvalue weighted by molar-refractivity contribution is 0.913. The van der Waals surface area contributed by atoms with Crippen LogP contribution in [0.15, 0.2) is 85.6 Å². The van der Waals surface area contributed by atoms with Crippen molar-refractivity contribution in [1.82, 2.24) is 35.1 Å². The molecule has 176 valence electrons. The highest BCUT2D eigenvalue weighted by atomic mass is 15.1. The van der Waals surface area contributed by atoms with Gasteiger partial charge in [-0.1, -0.05) is 38.1 Å². The standard InChI is InChI=1S/C28H24N8/c1-3-6-17(2)31-20-13-19(15-30-16-20)22-10-11-24-26(32-22)27(36-35-24)28-33-23-9-4-8-21(25(23)34-28)18-7-5-12-29-14-18/h4-5,7-16,31H,2-3,6H2,1H3,(H,33,34)(H,35,36). The van der Waals surface area contributed by atoms with Crippen molar-refractivity contribution in [3.8, 4) is 33.9 Å². The molecule has 1 aromatic carbocycles. The number of hydrogen-bond acceptors (Lipinski definition) is 6. The van der Waals surface area contributed by atoms with Gasteiger partial charge in [-0.2, -0.15) is 5.10 Å². The predicted molar refractivity (Wildman–Crippen MR) is 143 cm³/mol. The van der Waals surface area contributed by atoms with Gasteiger partial charge in [0.1, 0.15) is 5.52 Å². The number of nitrogens with zero attached hydrogens (tertiary/aromatic N) is 5. The van der Waals surface area contributed by atoms with Gasteiger partial charge < -0.3 is 10.3 Å². The van der Waals surface area contributed by atoms with Gasteiger partial charge in [-0.25, -0.2) is 9.97 Å². The quantitative estimate of drug-likeness (QED) is 0.250. The van der Waals surface area contributed by atoms with Crippen molar-refractivity contribution in [2.75, 3.05) is 5.32 Å². The van der Waals surface area contributed by atoms with Crippen LogP contribution in [0.2, 0.25) is 0 Å². The van der Waals surface area contributed by atoms with Crippen LogP contribution in [0.25, 0.3) is 56.0 Å². The summed E-state index contributed by atoms with van der Waals surface area (Å²) in [5.74, 6) is 0.654. The van der Waals surface area contributed by atoms with E-state index in [0.29, 0.717) is 11.5 Å². The molecule has 36 heavy (non-hydrogen) atoms. The van der Waals surface area contributed by atoms with E-state index in [1.807, 2.05) is 60.9 Å². The van der Waals surface area contributed by atoms with Crippen LogP contribution in [0.1, 0.15) is 19.8 Å². The molecule has 0 saturated heterocycles. The third-order valence-electron chi connectivity index (χ3n) is 6.02. The molecule has 0 aliphatic carbocycles. The first-order chi connectivity index (χ1) is 17.7. The number of hydrogen-bond donors (Lipinski definition) is 3. The van der Waals surface area contributed by atoms with Gasteiger partial charge >= 0.3 is 0 Å². The van der Waals surface area contributed by atoms with Crippen molar-refractivity contribution >= 4 is 27.8 Å². The summed E-state index contributed by atoms with van der Waals surface area (Å²) in [5.41, 5.74) is 9.61. The van der Waals surface area contributed by atoms with E-state index in [2.05, 4.69) is 44.0 Å². The first-order valence-corrected chi connectivity index (χ1v) is 11.8. The van der Waals surface area contributed by atoms with Gasteiger partial charge in [0.15, 0.2) is 11.5 Å². The SMILES string of the molecule is C=C(CCC)Nc1cncc(-c2ccc3[nH]nc(-c4nc5c(-c6cccnc6)cccc5[nH]4)c3n2)c1. The summed E-state index contributed by atoms with van der Waals surface area (Å²) >= 11 is 0. The number of H-pyrrole nitrogens is 2. The average Bonchev–Trinajstić information content (AvgIpc) is 3.53. The summed E-state index contributed by atoms with van der Waals surface area (Å²) in [6.45, 7) is 6.21. The minimum Gasteiger partial charge on any atom is -0.358 e. The monoisotopic (exact) mass is 472 g/mol. The second kappa shape index (κ2) is 9.07. The molecule has 8 nitrogen and oxygen atoms in total. The van der Waals surface area contributed by atoms with Gasteiger partial charge in [0.25, 0.3) is 0 Å². The summed E-state index contributed by atoms with van der Waals surface area (Å²) in [7, 11) is 0. The molecule has 0 fully saturated rings. The van der Waals surface area contributed by atoms with Gasteiger partial charge in [0.05, 0.1) is 34.1 Å². The minimum absolute atomic E-state index is 0.654. The molecular weight excluding hydrogens is 448 g/mol. The van der Waals surface area contributed by atoms with Gasteiger partial charge in [0, 0.05) is 41.0 Å². The predicted octanol–water partition coefficient (Wildman–Crippen LogP) is 6.35. The minimum atomic E-state index is 0.654. The highest BCUT2D eigenvalue weighted by molar-refractivity contribution is 5.96. The van der Waals surface area contributed by atoms with E-state index < -0.39 is 0 Å².